The number of oxime groups is 1. The smallest absolute Gasteiger partial charge is 0.312 e. The Morgan fingerprint density at radius 3 is 2.82 bits per heavy atom. The monoisotopic (exact) mass is 422 g/mol. The Balaban J connectivity index is 0.00000280. The maximum atomic E-state index is 11.2. The number of thiophene rings is 1. The molecule has 1 saturated heterocycles. The first kappa shape index (κ1) is 22.4. The fourth-order valence-electron chi connectivity index (χ4n) is 3.51. The van der Waals surface area contributed by atoms with E-state index in [9.17, 15) is 9.90 Å². The van der Waals surface area contributed by atoms with E-state index in [4.69, 9.17) is 4.84 Å². The maximum absolute atomic E-state index is 11.2. The van der Waals surface area contributed by atoms with Crippen LogP contribution in [0.15, 0.2) is 40.9 Å². The Hall–Kier alpha value is -1.89. The predicted molar refractivity (Wildman–Crippen MR) is 108 cm³/mol. The lowest BCUT2D eigenvalue weighted by Crippen LogP contribution is -3.14. The van der Waals surface area contributed by atoms with Crippen LogP contribution in [-0.2, 0) is 9.63 Å². The number of nitrogens with one attached hydrogen (secondary N) is 1. The lowest BCUT2D eigenvalue weighted by molar-refractivity contribution is -0.907. The van der Waals surface area contributed by atoms with Crippen LogP contribution in [0.25, 0.3) is 0 Å². The molecule has 3 rings (SSSR count). The molecule has 2 heterocycles. The highest BCUT2D eigenvalue weighted by Crippen LogP contribution is 2.21. The molecule has 1 aromatic carbocycles. The summed E-state index contributed by atoms with van der Waals surface area (Å²) in [6.45, 7) is 7.10. The Labute approximate surface area is 176 Å². The Kier molecular flexibility index (Phi) is 8.48. The maximum Gasteiger partial charge on any atom is 0.312 e. The number of hydrogen-bond acceptors (Lipinski definition) is 4. The molecule has 0 radical (unpaired) electrons. The van der Waals surface area contributed by atoms with E-state index in [-0.39, 0.29) is 18.3 Å². The molecular weight excluding hydrogens is 396 g/mol. The highest BCUT2D eigenvalue weighted by Gasteiger charge is 2.28. The highest BCUT2D eigenvalue weighted by molar-refractivity contribution is 7.12. The molecule has 2 aromatic rings. The molecule has 1 aliphatic heterocycles. The number of aliphatic carboxylic acids is 1. The van der Waals surface area contributed by atoms with Gasteiger partial charge >= 0.3 is 5.97 Å². The molecule has 2 N–H and O–H groups in total. The lowest BCUT2D eigenvalue weighted by Gasteiger charge is -2.27. The summed E-state index contributed by atoms with van der Waals surface area (Å²) in [5, 5.41) is 15.8. The van der Waals surface area contributed by atoms with Gasteiger partial charge in [0.2, 0.25) is 0 Å². The van der Waals surface area contributed by atoms with Gasteiger partial charge in [0.1, 0.15) is 18.2 Å². The largest absolute Gasteiger partial charge is 1.00 e. The van der Waals surface area contributed by atoms with Gasteiger partial charge in [-0.25, -0.2) is 0 Å². The van der Waals surface area contributed by atoms with Crippen molar-refractivity contribution in [2.75, 3.05) is 26.2 Å². The molecule has 0 bridgehead atoms. The van der Waals surface area contributed by atoms with Crippen molar-refractivity contribution in [1.29, 1.82) is 0 Å². The third kappa shape index (κ3) is 5.80. The van der Waals surface area contributed by atoms with E-state index >= 15 is 0 Å². The van der Waals surface area contributed by atoms with E-state index in [0.717, 1.165) is 47.6 Å². The van der Waals surface area contributed by atoms with Crippen LogP contribution in [-0.4, -0.2) is 43.0 Å². The number of quaternary nitrogens is 1. The van der Waals surface area contributed by atoms with Crippen LogP contribution < -0.4 is 17.3 Å². The van der Waals surface area contributed by atoms with Crippen molar-refractivity contribution in [3.8, 4) is 0 Å². The number of carboxylic acids is 1. The number of carboxylic acid groups (broad SMARTS) is 1. The lowest BCUT2D eigenvalue weighted by atomic mass is 9.98. The van der Waals surface area contributed by atoms with Crippen LogP contribution in [0.4, 0.5) is 0 Å². The van der Waals surface area contributed by atoms with E-state index in [1.165, 1.54) is 10.5 Å². The minimum atomic E-state index is -0.680. The van der Waals surface area contributed by atoms with Crippen LogP contribution in [0.2, 0.25) is 0 Å². The quantitative estimate of drug-likeness (QED) is 0.360. The van der Waals surface area contributed by atoms with Crippen LogP contribution in [0, 0.1) is 19.8 Å². The van der Waals surface area contributed by atoms with Crippen LogP contribution in [0.3, 0.4) is 0 Å². The summed E-state index contributed by atoms with van der Waals surface area (Å²) < 4.78 is 0. The number of halogens is 1. The number of likely N-dealkylation sites (tertiary alicyclic amines) is 1. The van der Waals surface area contributed by atoms with Crippen LogP contribution in [0.5, 0.6) is 0 Å². The van der Waals surface area contributed by atoms with Crippen molar-refractivity contribution in [3.05, 3.63) is 57.3 Å². The van der Waals surface area contributed by atoms with Crippen LogP contribution >= 0.6 is 11.3 Å². The number of rotatable bonds is 7. The molecule has 0 spiro atoms. The fourth-order valence-corrected chi connectivity index (χ4v) is 4.40. The standard InChI is InChI=1S/C21H26N2O3S.ClH/c1-15-12-19(27-14-15)20(18-8-4-3-6-16(18)2)22-26-11-10-23-9-5-7-17(13-23)21(24)25;/h3-4,6,8,12,14,17H,5,7,9-11,13H2,1-2H3,(H,24,25);1H/b22-20+;/t17-;/m0./s1. The zero-order valence-corrected chi connectivity index (χ0v) is 17.9. The molecule has 0 amide bonds. The van der Waals surface area contributed by atoms with Crippen molar-refractivity contribution in [2.24, 2.45) is 11.1 Å². The summed E-state index contributed by atoms with van der Waals surface area (Å²) in [5.41, 5.74) is 4.32. The van der Waals surface area contributed by atoms with Gasteiger partial charge < -0.3 is 27.3 Å². The summed E-state index contributed by atoms with van der Waals surface area (Å²) in [6.07, 6.45) is 1.74. The first-order valence-corrected chi connectivity index (χ1v) is 10.3. The molecule has 1 aliphatic rings. The van der Waals surface area contributed by atoms with Gasteiger partial charge in [-0.05, 0) is 49.3 Å². The minimum Gasteiger partial charge on any atom is -1.00 e. The molecule has 0 saturated carbocycles. The summed E-state index contributed by atoms with van der Waals surface area (Å²) in [7, 11) is 0. The van der Waals surface area contributed by atoms with Gasteiger partial charge in [-0.15, -0.1) is 11.3 Å². The predicted octanol–water partition coefficient (Wildman–Crippen LogP) is -0.483. The molecule has 28 heavy (non-hydrogen) atoms. The number of piperidine rings is 1. The van der Waals surface area contributed by atoms with Crippen molar-refractivity contribution in [1.82, 2.24) is 0 Å². The first-order chi connectivity index (χ1) is 13.0. The number of nitrogens with zero attached hydrogens (tertiary/aromatic N) is 1. The average Bonchev–Trinajstić information content (AvgIpc) is 3.09. The molecule has 1 unspecified atom stereocenters. The van der Waals surface area contributed by atoms with Gasteiger partial charge in [0.15, 0.2) is 6.61 Å². The molecule has 7 heteroatoms. The zero-order chi connectivity index (χ0) is 19.2. The van der Waals surface area contributed by atoms with Gasteiger partial charge in [-0.3, -0.25) is 4.79 Å². The van der Waals surface area contributed by atoms with E-state index in [1.807, 2.05) is 12.1 Å². The molecule has 5 nitrogen and oxygen atoms in total. The zero-order valence-electron chi connectivity index (χ0n) is 16.3. The molecule has 152 valence electrons. The van der Waals surface area contributed by atoms with Gasteiger partial charge in [-0.1, -0.05) is 29.4 Å². The second-order valence-corrected chi connectivity index (χ2v) is 8.12. The van der Waals surface area contributed by atoms with Crippen molar-refractivity contribution in [3.63, 3.8) is 0 Å². The molecular formula is C21H27ClN2O3S. The van der Waals surface area contributed by atoms with E-state index in [1.54, 1.807) is 11.3 Å². The van der Waals surface area contributed by atoms with Gasteiger partial charge in [0, 0.05) is 5.56 Å². The third-order valence-electron chi connectivity index (χ3n) is 5.03. The van der Waals surface area contributed by atoms with Gasteiger partial charge in [0.05, 0.1) is 18.0 Å². The average molecular weight is 423 g/mol. The summed E-state index contributed by atoms with van der Waals surface area (Å²) in [4.78, 5) is 19.3. The third-order valence-corrected chi connectivity index (χ3v) is 6.09. The summed E-state index contributed by atoms with van der Waals surface area (Å²) >= 11 is 1.67. The normalized spacial score (nSPS) is 19.7. The Morgan fingerprint density at radius 1 is 1.36 bits per heavy atom. The number of hydrogen-bond donors (Lipinski definition) is 2. The Morgan fingerprint density at radius 2 is 2.14 bits per heavy atom. The second-order valence-electron chi connectivity index (χ2n) is 7.21. The number of carbonyl (C=O) groups is 1. The van der Waals surface area contributed by atoms with Crippen molar-refractivity contribution < 1.29 is 32.0 Å². The number of benzene rings is 1. The molecule has 0 aliphatic carbocycles. The van der Waals surface area contributed by atoms with Gasteiger partial charge in [0.25, 0.3) is 0 Å². The van der Waals surface area contributed by atoms with Crippen molar-refractivity contribution >= 4 is 23.0 Å². The topological polar surface area (TPSA) is 63.3 Å². The SMILES string of the molecule is Cc1csc(/C(=N/OCC[NH+]2CCC[C@H](C(=O)O)C2)c2ccccc2C)c1.[Cl-]. The first-order valence-electron chi connectivity index (χ1n) is 9.42. The molecule has 2 atom stereocenters. The molecule has 1 fully saturated rings. The molecule has 1 aromatic heterocycles. The minimum absolute atomic E-state index is 0. The van der Waals surface area contributed by atoms with E-state index in [0.29, 0.717) is 13.2 Å². The second kappa shape index (κ2) is 10.6. The summed E-state index contributed by atoms with van der Waals surface area (Å²) in [6, 6.07) is 10.3. The van der Waals surface area contributed by atoms with E-state index < -0.39 is 5.97 Å². The highest BCUT2D eigenvalue weighted by atomic mass is 35.5. The van der Waals surface area contributed by atoms with Crippen LogP contribution in [0.1, 0.15) is 34.4 Å². The fraction of sp³-hybridized carbons (Fsp3) is 0.429. The van der Waals surface area contributed by atoms with E-state index in [2.05, 4.69) is 42.6 Å². The van der Waals surface area contributed by atoms with Crippen molar-refractivity contribution in [2.45, 2.75) is 26.7 Å². The number of aryl methyl sites for hydroxylation is 2. The van der Waals surface area contributed by atoms with Gasteiger partial charge in [-0.2, -0.15) is 0 Å². The summed E-state index contributed by atoms with van der Waals surface area (Å²) in [5.74, 6) is -0.907. The Bertz CT molecular complexity index is 821.